The van der Waals surface area contributed by atoms with Crippen LogP contribution in [-0.2, 0) is 21.2 Å². The fourth-order valence-corrected chi connectivity index (χ4v) is 4.07. The van der Waals surface area contributed by atoms with Crippen molar-refractivity contribution in [1.29, 1.82) is 0 Å². The fourth-order valence-electron chi connectivity index (χ4n) is 3.51. The molecule has 0 aliphatic heterocycles. The normalized spacial score (nSPS) is 17.6. The molecule has 3 N–H and O–H groups in total. The Labute approximate surface area is 145 Å². The fraction of sp³-hybridized carbons (Fsp3) is 0.611. The number of hydrogen-bond donors (Lipinski definition) is 2. The van der Waals surface area contributed by atoms with Gasteiger partial charge in [0.2, 0.25) is 15.9 Å². The number of nitrogens with one attached hydrogen (secondary N) is 1. The minimum Gasteiger partial charge on any atom is -0.349 e. The third kappa shape index (κ3) is 4.57. The van der Waals surface area contributed by atoms with Crippen LogP contribution in [0.15, 0.2) is 23.1 Å². The molecule has 0 radical (unpaired) electrons. The molecule has 1 atom stereocenters. The van der Waals surface area contributed by atoms with Gasteiger partial charge in [0, 0.05) is 5.92 Å². The molecule has 6 heteroatoms. The molecular formula is C18H28N2O3S. The maximum absolute atomic E-state index is 12.6. The van der Waals surface area contributed by atoms with Crippen LogP contribution in [0.4, 0.5) is 0 Å². The first-order chi connectivity index (χ1) is 11.4. The summed E-state index contributed by atoms with van der Waals surface area (Å²) in [7, 11) is -3.69. The van der Waals surface area contributed by atoms with Crippen LogP contribution >= 0.6 is 0 Å². The Morgan fingerprint density at radius 2 is 1.96 bits per heavy atom. The lowest BCUT2D eigenvalue weighted by Crippen LogP contribution is -2.35. The molecule has 0 saturated heterocycles. The third-order valence-electron chi connectivity index (χ3n) is 4.72. The van der Waals surface area contributed by atoms with Gasteiger partial charge in [-0.15, -0.1) is 0 Å². The molecule has 0 bridgehead atoms. The standard InChI is InChI=1S/C18H28N2O3S/c1-3-6-13(7-4-2)18(21)20-17-9-5-8-14-12-15(24(19,22)23)10-11-16(14)17/h10-13,17H,3-9H2,1-2H3,(H,20,21)(H2,19,22,23)/t17-/m0/s1. The zero-order valence-corrected chi connectivity index (χ0v) is 15.4. The van der Waals surface area contributed by atoms with Gasteiger partial charge in [-0.1, -0.05) is 32.8 Å². The van der Waals surface area contributed by atoms with Crippen LogP contribution < -0.4 is 10.5 Å². The average molecular weight is 353 g/mol. The number of fused-ring (bicyclic) bond motifs is 1. The predicted molar refractivity (Wildman–Crippen MR) is 94.9 cm³/mol. The molecule has 24 heavy (non-hydrogen) atoms. The number of nitrogens with two attached hydrogens (primary N) is 1. The molecule has 0 unspecified atom stereocenters. The molecule has 5 nitrogen and oxygen atoms in total. The Balaban J connectivity index is 2.18. The van der Waals surface area contributed by atoms with Crippen molar-refractivity contribution >= 4 is 15.9 Å². The van der Waals surface area contributed by atoms with Crippen molar-refractivity contribution in [2.45, 2.75) is 69.7 Å². The monoisotopic (exact) mass is 352 g/mol. The predicted octanol–water partition coefficient (Wildman–Crippen LogP) is 3.04. The van der Waals surface area contributed by atoms with Gasteiger partial charge in [-0.05, 0) is 55.4 Å². The molecule has 1 aliphatic rings. The SMILES string of the molecule is CCCC(CCC)C(=O)N[C@H]1CCCc2cc(S(N)(=O)=O)ccc21. The number of sulfonamides is 1. The van der Waals surface area contributed by atoms with Crippen LogP contribution in [0.1, 0.15) is 69.5 Å². The zero-order chi connectivity index (χ0) is 17.7. The summed E-state index contributed by atoms with van der Waals surface area (Å²) in [4.78, 5) is 12.7. The summed E-state index contributed by atoms with van der Waals surface area (Å²) in [5.41, 5.74) is 1.99. The molecule has 0 fully saturated rings. The molecule has 1 amide bonds. The number of aryl methyl sites for hydroxylation is 1. The summed E-state index contributed by atoms with van der Waals surface area (Å²) < 4.78 is 23.0. The lowest BCUT2D eigenvalue weighted by atomic mass is 9.87. The van der Waals surface area contributed by atoms with E-state index in [4.69, 9.17) is 5.14 Å². The van der Waals surface area contributed by atoms with E-state index in [-0.39, 0.29) is 22.8 Å². The van der Waals surface area contributed by atoms with Gasteiger partial charge in [0.15, 0.2) is 0 Å². The van der Waals surface area contributed by atoms with E-state index in [1.54, 1.807) is 12.1 Å². The lowest BCUT2D eigenvalue weighted by molar-refractivity contribution is -0.126. The number of carbonyl (C=O) groups excluding carboxylic acids is 1. The van der Waals surface area contributed by atoms with Crippen LogP contribution in [0.2, 0.25) is 0 Å². The van der Waals surface area contributed by atoms with Gasteiger partial charge in [0.25, 0.3) is 0 Å². The van der Waals surface area contributed by atoms with Gasteiger partial charge in [-0.2, -0.15) is 0 Å². The van der Waals surface area contributed by atoms with Crippen molar-refractivity contribution in [3.05, 3.63) is 29.3 Å². The summed E-state index contributed by atoms with van der Waals surface area (Å²) in [6.45, 7) is 4.20. The van der Waals surface area contributed by atoms with Crippen LogP contribution in [0.25, 0.3) is 0 Å². The maximum Gasteiger partial charge on any atom is 0.238 e. The number of hydrogen-bond acceptors (Lipinski definition) is 3. The lowest BCUT2D eigenvalue weighted by Gasteiger charge is -2.28. The second-order valence-corrected chi connectivity index (χ2v) is 8.19. The summed E-state index contributed by atoms with van der Waals surface area (Å²) in [6.07, 6.45) is 6.44. The van der Waals surface area contributed by atoms with Gasteiger partial charge < -0.3 is 5.32 Å². The van der Waals surface area contributed by atoms with E-state index in [1.165, 1.54) is 6.07 Å². The molecule has 134 valence electrons. The second-order valence-electron chi connectivity index (χ2n) is 6.63. The van der Waals surface area contributed by atoms with Gasteiger partial charge >= 0.3 is 0 Å². The first kappa shape index (κ1) is 18.9. The number of primary sulfonamides is 1. The number of carbonyl (C=O) groups is 1. The highest BCUT2D eigenvalue weighted by Gasteiger charge is 2.26. The Morgan fingerprint density at radius 1 is 1.29 bits per heavy atom. The highest BCUT2D eigenvalue weighted by atomic mass is 32.2. The second kappa shape index (κ2) is 8.12. The van der Waals surface area contributed by atoms with Crippen molar-refractivity contribution < 1.29 is 13.2 Å². The largest absolute Gasteiger partial charge is 0.349 e. The Kier molecular flexibility index (Phi) is 6.40. The average Bonchev–Trinajstić information content (AvgIpc) is 2.53. The van der Waals surface area contributed by atoms with Crippen LogP contribution in [0, 0.1) is 5.92 Å². The highest BCUT2D eigenvalue weighted by Crippen LogP contribution is 2.31. The Bertz CT molecular complexity index is 680. The Hall–Kier alpha value is -1.40. The first-order valence-electron chi connectivity index (χ1n) is 8.82. The van der Waals surface area contributed by atoms with E-state index >= 15 is 0 Å². The van der Waals surface area contributed by atoms with Crippen molar-refractivity contribution in [1.82, 2.24) is 5.32 Å². The van der Waals surface area contributed by atoms with E-state index in [0.29, 0.717) is 0 Å². The zero-order valence-electron chi connectivity index (χ0n) is 14.5. The van der Waals surface area contributed by atoms with Gasteiger partial charge in [-0.3, -0.25) is 4.79 Å². The molecule has 2 rings (SSSR count). The summed E-state index contributed by atoms with van der Waals surface area (Å²) in [6, 6.07) is 4.95. The van der Waals surface area contributed by atoms with Crippen LogP contribution in [0.5, 0.6) is 0 Å². The number of amides is 1. The number of rotatable bonds is 7. The van der Waals surface area contributed by atoms with Gasteiger partial charge in [-0.25, -0.2) is 13.6 Å². The summed E-state index contributed by atoms with van der Waals surface area (Å²) in [5, 5.41) is 8.40. The summed E-state index contributed by atoms with van der Waals surface area (Å²) >= 11 is 0. The van der Waals surface area contributed by atoms with E-state index in [1.807, 2.05) is 0 Å². The third-order valence-corrected chi connectivity index (χ3v) is 5.63. The minimum atomic E-state index is -3.69. The maximum atomic E-state index is 12.6. The van der Waals surface area contributed by atoms with E-state index < -0.39 is 10.0 Å². The molecule has 0 aromatic heterocycles. The Morgan fingerprint density at radius 3 is 2.54 bits per heavy atom. The molecule has 0 heterocycles. The molecule has 0 spiro atoms. The van der Waals surface area contributed by atoms with Crippen molar-refractivity contribution in [3.8, 4) is 0 Å². The van der Waals surface area contributed by atoms with E-state index in [0.717, 1.165) is 56.1 Å². The quantitative estimate of drug-likeness (QED) is 0.790. The van der Waals surface area contributed by atoms with E-state index in [2.05, 4.69) is 19.2 Å². The number of benzene rings is 1. The van der Waals surface area contributed by atoms with E-state index in [9.17, 15) is 13.2 Å². The van der Waals surface area contributed by atoms with Crippen LogP contribution in [-0.4, -0.2) is 14.3 Å². The molecule has 1 aromatic rings. The topological polar surface area (TPSA) is 89.3 Å². The molecular weight excluding hydrogens is 324 g/mol. The molecule has 1 aromatic carbocycles. The summed E-state index contributed by atoms with van der Waals surface area (Å²) in [5.74, 6) is 0.182. The van der Waals surface area contributed by atoms with Gasteiger partial charge in [0.05, 0.1) is 10.9 Å². The first-order valence-corrected chi connectivity index (χ1v) is 10.4. The van der Waals surface area contributed by atoms with Crippen molar-refractivity contribution in [2.24, 2.45) is 11.1 Å². The molecule has 0 saturated carbocycles. The molecule has 1 aliphatic carbocycles. The highest BCUT2D eigenvalue weighted by molar-refractivity contribution is 7.89. The minimum absolute atomic E-state index is 0.0352. The van der Waals surface area contributed by atoms with Gasteiger partial charge in [0.1, 0.15) is 0 Å². The van der Waals surface area contributed by atoms with Crippen molar-refractivity contribution in [2.75, 3.05) is 0 Å². The smallest absolute Gasteiger partial charge is 0.238 e. The van der Waals surface area contributed by atoms with Crippen molar-refractivity contribution in [3.63, 3.8) is 0 Å². The van der Waals surface area contributed by atoms with Crippen LogP contribution in [0.3, 0.4) is 0 Å².